The first-order chi connectivity index (χ1) is 10.3. The first-order valence-corrected chi connectivity index (χ1v) is 7.82. The van der Waals surface area contributed by atoms with Gasteiger partial charge in [-0.25, -0.2) is 4.79 Å². The Kier molecular flexibility index (Phi) is 4.01. The predicted octanol–water partition coefficient (Wildman–Crippen LogP) is 3.70. The van der Waals surface area contributed by atoms with Crippen LogP contribution in [0.5, 0.6) is 0 Å². The lowest BCUT2D eigenvalue weighted by atomic mass is 10.1. The Labute approximate surface area is 128 Å². The first kappa shape index (κ1) is 13.8. The topological polar surface area (TPSA) is 53.2 Å². The third-order valence-corrected chi connectivity index (χ3v) is 4.59. The Hall–Kier alpha value is -2.14. The molecule has 1 unspecified atom stereocenters. The van der Waals surface area contributed by atoms with Gasteiger partial charge in [0.2, 0.25) is 0 Å². The van der Waals surface area contributed by atoms with Gasteiger partial charge in [0.15, 0.2) is 0 Å². The highest BCUT2D eigenvalue weighted by Gasteiger charge is 2.22. The minimum atomic E-state index is -0.211. The number of carbonyl (C=O) groups is 1. The zero-order chi connectivity index (χ0) is 14.7. The molecule has 0 saturated heterocycles. The van der Waals surface area contributed by atoms with Crippen LogP contribution in [0.4, 0.5) is 16.2 Å². The summed E-state index contributed by atoms with van der Waals surface area (Å²) in [5.74, 6) is 1.04. The molecule has 2 aromatic carbocycles. The Bertz CT molecular complexity index is 642. The maximum atomic E-state index is 11.2. The van der Waals surface area contributed by atoms with E-state index in [0.29, 0.717) is 6.04 Å². The molecule has 0 bridgehead atoms. The van der Waals surface area contributed by atoms with Crippen LogP contribution in [0.1, 0.15) is 11.6 Å². The number of hydrogen-bond donors (Lipinski definition) is 3. The largest absolute Gasteiger partial charge is 0.377 e. The third kappa shape index (κ3) is 3.13. The van der Waals surface area contributed by atoms with Crippen LogP contribution < -0.4 is 16.0 Å². The van der Waals surface area contributed by atoms with E-state index in [9.17, 15) is 4.79 Å². The number of hydrogen-bond acceptors (Lipinski definition) is 3. The Morgan fingerprint density at radius 2 is 1.81 bits per heavy atom. The second-order valence-corrected chi connectivity index (χ2v) is 5.89. The van der Waals surface area contributed by atoms with Crippen molar-refractivity contribution in [3.8, 4) is 0 Å². The molecule has 4 nitrogen and oxygen atoms in total. The molecule has 0 aromatic heterocycles. The van der Waals surface area contributed by atoms with Gasteiger partial charge in [0.1, 0.15) is 0 Å². The van der Waals surface area contributed by atoms with Gasteiger partial charge < -0.3 is 16.0 Å². The lowest BCUT2D eigenvalue weighted by Gasteiger charge is -2.15. The highest BCUT2D eigenvalue weighted by Crippen LogP contribution is 2.39. The maximum Gasteiger partial charge on any atom is 0.318 e. The Morgan fingerprint density at radius 1 is 1.10 bits per heavy atom. The van der Waals surface area contributed by atoms with Crippen molar-refractivity contribution in [2.24, 2.45) is 0 Å². The number of nitrogens with one attached hydrogen (secondary N) is 3. The van der Waals surface area contributed by atoms with Gasteiger partial charge >= 0.3 is 6.03 Å². The van der Waals surface area contributed by atoms with Gasteiger partial charge in [-0.1, -0.05) is 18.2 Å². The van der Waals surface area contributed by atoms with Gasteiger partial charge in [-0.3, -0.25) is 0 Å². The molecule has 1 heterocycles. The fourth-order valence-corrected chi connectivity index (χ4v) is 3.49. The second kappa shape index (κ2) is 6.10. The monoisotopic (exact) mass is 299 g/mol. The SMILES string of the molecule is CNC(=O)Nc1ccc(NC2CSc3ccccc32)cc1. The number of fused-ring (bicyclic) bond motifs is 1. The highest BCUT2D eigenvalue weighted by molar-refractivity contribution is 7.99. The molecule has 0 fully saturated rings. The molecule has 3 rings (SSSR count). The van der Waals surface area contributed by atoms with Crippen molar-refractivity contribution < 1.29 is 4.79 Å². The zero-order valence-corrected chi connectivity index (χ0v) is 12.5. The predicted molar refractivity (Wildman–Crippen MR) is 88.1 cm³/mol. The minimum absolute atomic E-state index is 0.211. The molecule has 1 atom stereocenters. The van der Waals surface area contributed by atoms with E-state index in [-0.39, 0.29) is 6.03 Å². The van der Waals surface area contributed by atoms with Crippen molar-refractivity contribution in [3.63, 3.8) is 0 Å². The number of carbonyl (C=O) groups excluding carboxylic acids is 1. The van der Waals surface area contributed by atoms with Crippen molar-refractivity contribution in [1.82, 2.24) is 5.32 Å². The molecule has 3 N–H and O–H groups in total. The van der Waals surface area contributed by atoms with Crippen LogP contribution in [-0.2, 0) is 0 Å². The van der Waals surface area contributed by atoms with E-state index in [4.69, 9.17) is 0 Å². The first-order valence-electron chi connectivity index (χ1n) is 6.83. The van der Waals surface area contributed by atoms with Gasteiger partial charge in [-0.2, -0.15) is 0 Å². The molecular formula is C16H17N3OS. The molecular weight excluding hydrogens is 282 g/mol. The van der Waals surface area contributed by atoms with Gasteiger partial charge in [0.05, 0.1) is 6.04 Å². The van der Waals surface area contributed by atoms with Gasteiger partial charge in [-0.15, -0.1) is 11.8 Å². The van der Waals surface area contributed by atoms with E-state index in [1.165, 1.54) is 10.5 Å². The summed E-state index contributed by atoms with van der Waals surface area (Å²) < 4.78 is 0. The van der Waals surface area contributed by atoms with Crippen LogP contribution in [0.15, 0.2) is 53.4 Å². The smallest absolute Gasteiger partial charge is 0.318 e. The highest BCUT2D eigenvalue weighted by atomic mass is 32.2. The van der Waals surface area contributed by atoms with Gasteiger partial charge in [0.25, 0.3) is 0 Å². The summed E-state index contributed by atoms with van der Waals surface area (Å²) in [7, 11) is 1.60. The van der Waals surface area contributed by atoms with Crippen molar-refractivity contribution in [3.05, 3.63) is 54.1 Å². The van der Waals surface area contributed by atoms with E-state index in [1.807, 2.05) is 36.0 Å². The van der Waals surface area contributed by atoms with Gasteiger partial charge in [0, 0.05) is 29.1 Å². The number of benzene rings is 2. The molecule has 5 heteroatoms. The van der Waals surface area contributed by atoms with Crippen molar-refractivity contribution in [1.29, 1.82) is 0 Å². The molecule has 21 heavy (non-hydrogen) atoms. The molecule has 0 radical (unpaired) electrons. The second-order valence-electron chi connectivity index (χ2n) is 4.83. The van der Waals surface area contributed by atoms with E-state index < -0.39 is 0 Å². The van der Waals surface area contributed by atoms with Crippen molar-refractivity contribution in [2.75, 3.05) is 23.4 Å². The maximum absolute atomic E-state index is 11.2. The van der Waals surface area contributed by atoms with Crippen LogP contribution in [0, 0.1) is 0 Å². The average molecular weight is 299 g/mol. The standard InChI is InChI=1S/C16H17N3OS/c1-17-16(20)19-12-8-6-11(7-9-12)18-14-10-21-15-5-3-2-4-13(14)15/h2-9,14,18H,10H2,1H3,(H2,17,19,20). The lowest BCUT2D eigenvalue weighted by Crippen LogP contribution is -2.24. The summed E-state index contributed by atoms with van der Waals surface area (Å²) in [6.45, 7) is 0. The van der Waals surface area contributed by atoms with E-state index in [0.717, 1.165) is 17.1 Å². The molecule has 1 aliphatic heterocycles. The molecule has 1 aliphatic rings. The Morgan fingerprint density at radius 3 is 2.57 bits per heavy atom. The number of anilines is 2. The molecule has 0 aliphatic carbocycles. The van der Waals surface area contributed by atoms with Crippen LogP contribution >= 0.6 is 11.8 Å². The summed E-state index contributed by atoms with van der Waals surface area (Å²) in [5.41, 5.74) is 3.19. The minimum Gasteiger partial charge on any atom is -0.377 e. The van der Waals surface area contributed by atoms with Crippen LogP contribution in [0.25, 0.3) is 0 Å². The molecule has 0 saturated carbocycles. The van der Waals surface area contributed by atoms with Crippen LogP contribution in [-0.4, -0.2) is 18.8 Å². The average Bonchev–Trinajstić information content (AvgIpc) is 2.92. The lowest BCUT2D eigenvalue weighted by molar-refractivity contribution is 0.254. The summed E-state index contributed by atoms with van der Waals surface area (Å²) in [6, 6.07) is 16.4. The number of amides is 2. The van der Waals surface area contributed by atoms with E-state index in [2.05, 4.69) is 40.2 Å². The van der Waals surface area contributed by atoms with Crippen molar-refractivity contribution >= 4 is 29.2 Å². The van der Waals surface area contributed by atoms with Crippen LogP contribution in [0.3, 0.4) is 0 Å². The number of urea groups is 1. The molecule has 108 valence electrons. The summed E-state index contributed by atoms with van der Waals surface area (Å²) >= 11 is 1.88. The van der Waals surface area contributed by atoms with Crippen LogP contribution in [0.2, 0.25) is 0 Å². The fourth-order valence-electron chi connectivity index (χ4n) is 2.33. The fraction of sp³-hybridized carbons (Fsp3) is 0.188. The van der Waals surface area contributed by atoms with Gasteiger partial charge in [-0.05, 0) is 35.9 Å². The normalized spacial score (nSPS) is 16.1. The van der Waals surface area contributed by atoms with E-state index in [1.54, 1.807) is 7.05 Å². The summed E-state index contributed by atoms with van der Waals surface area (Å²) in [6.07, 6.45) is 0. The molecule has 2 amide bonds. The quantitative estimate of drug-likeness (QED) is 0.810. The Balaban J connectivity index is 1.68. The van der Waals surface area contributed by atoms with Crippen molar-refractivity contribution in [2.45, 2.75) is 10.9 Å². The summed E-state index contributed by atoms with van der Waals surface area (Å²) in [4.78, 5) is 12.6. The number of rotatable bonds is 3. The zero-order valence-electron chi connectivity index (χ0n) is 11.7. The molecule has 2 aromatic rings. The number of thioether (sulfide) groups is 1. The third-order valence-electron chi connectivity index (χ3n) is 3.41. The molecule has 0 spiro atoms. The summed E-state index contributed by atoms with van der Waals surface area (Å²) in [5, 5.41) is 8.82. The van der Waals surface area contributed by atoms with E-state index >= 15 is 0 Å².